The van der Waals surface area contributed by atoms with Crippen molar-refractivity contribution in [3.63, 3.8) is 0 Å². The fraction of sp³-hybridized carbons (Fsp3) is 0.267. The summed E-state index contributed by atoms with van der Waals surface area (Å²) in [5.41, 5.74) is 3.66. The van der Waals surface area contributed by atoms with Crippen LogP contribution in [0.3, 0.4) is 0 Å². The largest absolute Gasteiger partial charge is 0.363 e. The van der Waals surface area contributed by atoms with Gasteiger partial charge in [-0.05, 0) is 17.7 Å². The van der Waals surface area contributed by atoms with Gasteiger partial charge in [-0.1, -0.05) is 12.1 Å². The molecule has 1 aromatic carbocycles. The minimum Gasteiger partial charge on any atom is -0.363 e. The molecule has 2 aromatic rings. The zero-order chi connectivity index (χ0) is 16.1. The molecule has 2 rings (SSSR count). The monoisotopic (exact) mass is 302 g/mol. The van der Waals surface area contributed by atoms with Crippen LogP contribution in [0.1, 0.15) is 5.56 Å². The van der Waals surface area contributed by atoms with E-state index < -0.39 is 0 Å². The first-order chi connectivity index (χ1) is 10.5. The Morgan fingerprint density at radius 1 is 1.05 bits per heavy atom. The van der Waals surface area contributed by atoms with E-state index in [1.165, 1.54) is 12.1 Å². The van der Waals surface area contributed by atoms with Gasteiger partial charge in [-0.2, -0.15) is 15.1 Å². The van der Waals surface area contributed by atoms with Crippen LogP contribution in [-0.2, 0) is 0 Å². The van der Waals surface area contributed by atoms with Crippen molar-refractivity contribution < 1.29 is 4.39 Å². The molecule has 7 heteroatoms. The Hall–Kier alpha value is -2.70. The number of hydrogen-bond acceptors (Lipinski definition) is 6. The summed E-state index contributed by atoms with van der Waals surface area (Å²) >= 11 is 0. The molecule has 6 nitrogen and oxygen atoms in total. The number of hydrogen-bond donors (Lipinski definition) is 1. The van der Waals surface area contributed by atoms with Gasteiger partial charge >= 0.3 is 0 Å². The number of halogens is 1. The summed E-state index contributed by atoms with van der Waals surface area (Å²) in [4.78, 5) is 12.5. The van der Waals surface area contributed by atoms with Gasteiger partial charge in [-0.25, -0.2) is 4.39 Å². The van der Waals surface area contributed by atoms with Crippen LogP contribution in [0.25, 0.3) is 0 Å². The maximum absolute atomic E-state index is 12.8. The Kier molecular flexibility index (Phi) is 4.88. The van der Waals surface area contributed by atoms with E-state index in [4.69, 9.17) is 0 Å². The molecule has 0 aliphatic heterocycles. The third-order valence-electron chi connectivity index (χ3n) is 2.82. The molecule has 0 saturated heterocycles. The van der Waals surface area contributed by atoms with Gasteiger partial charge in [0.2, 0.25) is 5.95 Å². The van der Waals surface area contributed by atoms with Crippen LogP contribution < -0.4 is 15.2 Å². The Morgan fingerprint density at radius 3 is 2.32 bits per heavy atom. The highest BCUT2D eigenvalue weighted by Gasteiger charge is 2.07. The molecule has 0 spiro atoms. The van der Waals surface area contributed by atoms with Gasteiger partial charge in [0.15, 0.2) is 5.82 Å². The van der Waals surface area contributed by atoms with Crippen LogP contribution >= 0.6 is 0 Å². The maximum Gasteiger partial charge on any atom is 0.228 e. The van der Waals surface area contributed by atoms with Gasteiger partial charge in [0.25, 0.3) is 0 Å². The number of nitrogens with one attached hydrogen (secondary N) is 1. The Labute approximate surface area is 129 Å². The average Bonchev–Trinajstić information content (AvgIpc) is 2.49. The van der Waals surface area contributed by atoms with Crippen LogP contribution in [-0.4, -0.2) is 44.4 Å². The third kappa shape index (κ3) is 4.15. The highest BCUT2D eigenvalue weighted by Crippen LogP contribution is 2.17. The molecule has 0 unspecified atom stereocenters. The van der Waals surface area contributed by atoms with E-state index in [0.29, 0.717) is 11.8 Å². The Bertz CT molecular complexity index is 625. The van der Waals surface area contributed by atoms with Crippen molar-refractivity contribution in [2.45, 2.75) is 0 Å². The lowest BCUT2D eigenvalue weighted by Gasteiger charge is -2.16. The molecule has 0 radical (unpaired) electrons. The Morgan fingerprint density at radius 2 is 1.73 bits per heavy atom. The van der Waals surface area contributed by atoms with E-state index in [-0.39, 0.29) is 5.82 Å². The molecular formula is C15H19FN6. The molecule has 1 heterocycles. The number of hydrazone groups is 1. The fourth-order valence-corrected chi connectivity index (χ4v) is 1.63. The minimum absolute atomic E-state index is 0.271. The highest BCUT2D eigenvalue weighted by atomic mass is 19.1. The summed E-state index contributed by atoms with van der Waals surface area (Å²) in [7, 11) is 7.57. The van der Waals surface area contributed by atoms with E-state index in [0.717, 1.165) is 11.4 Å². The van der Waals surface area contributed by atoms with E-state index in [9.17, 15) is 4.39 Å². The van der Waals surface area contributed by atoms with Gasteiger partial charge in [0.1, 0.15) is 11.6 Å². The Balaban J connectivity index is 2.16. The SMILES string of the molecule is CN(C)c1cc(N/N=C/c2ccc(F)cc2)nc(N(C)C)n1. The highest BCUT2D eigenvalue weighted by molar-refractivity contribution is 5.80. The quantitative estimate of drug-likeness (QED) is 0.678. The van der Waals surface area contributed by atoms with Crippen LogP contribution in [0.5, 0.6) is 0 Å². The number of aromatic nitrogens is 2. The number of nitrogens with zero attached hydrogens (tertiary/aromatic N) is 5. The zero-order valence-electron chi connectivity index (χ0n) is 13.1. The van der Waals surface area contributed by atoms with Crippen LogP contribution in [0.15, 0.2) is 35.4 Å². The molecule has 0 atom stereocenters. The van der Waals surface area contributed by atoms with Gasteiger partial charge < -0.3 is 9.80 Å². The molecule has 0 fully saturated rings. The topological polar surface area (TPSA) is 56.6 Å². The normalized spacial score (nSPS) is 10.8. The van der Waals surface area contributed by atoms with Crippen molar-refractivity contribution in [1.82, 2.24) is 9.97 Å². The van der Waals surface area contributed by atoms with Crippen LogP contribution in [0.4, 0.5) is 22.0 Å². The first kappa shape index (κ1) is 15.7. The second kappa shape index (κ2) is 6.84. The third-order valence-corrected chi connectivity index (χ3v) is 2.82. The smallest absolute Gasteiger partial charge is 0.228 e. The van der Waals surface area contributed by atoms with Gasteiger partial charge in [-0.3, -0.25) is 5.43 Å². The second-order valence-electron chi connectivity index (χ2n) is 5.12. The summed E-state index contributed by atoms with van der Waals surface area (Å²) in [5.74, 6) is 1.68. The predicted molar refractivity (Wildman–Crippen MR) is 88.3 cm³/mol. The van der Waals surface area contributed by atoms with Crippen LogP contribution in [0, 0.1) is 5.82 Å². The molecule has 0 bridgehead atoms. The van der Waals surface area contributed by atoms with Crippen molar-refractivity contribution in [3.05, 3.63) is 41.7 Å². The number of rotatable bonds is 5. The summed E-state index contributed by atoms with van der Waals surface area (Å²) in [6.45, 7) is 0. The van der Waals surface area contributed by atoms with E-state index in [2.05, 4.69) is 20.5 Å². The first-order valence-electron chi connectivity index (χ1n) is 6.74. The lowest BCUT2D eigenvalue weighted by atomic mass is 10.2. The molecule has 0 aliphatic carbocycles. The predicted octanol–water partition coefficient (Wildman–Crippen LogP) is 2.19. The van der Waals surface area contributed by atoms with E-state index in [1.807, 2.05) is 38.0 Å². The summed E-state index contributed by atoms with van der Waals surface area (Å²) in [6.07, 6.45) is 1.60. The zero-order valence-corrected chi connectivity index (χ0v) is 13.1. The van der Waals surface area contributed by atoms with E-state index in [1.54, 1.807) is 24.4 Å². The standard InChI is InChI=1S/C15H19FN6/c1-21(2)14-9-13(18-15(19-14)22(3)4)20-17-10-11-5-7-12(16)8-6-11/h5-10H,1-4H3,(H,18,19,20)/b17-10+. The first-order valence-corrected chi connectivity index (χ1v) is 6.74. The van der Waals surface area contributed by atoms with Crippen molar-refractivity contribution in [3.8, 4) is 0 Å². The molecule has 116 valence electrons. The van der Waals surface area contributed by atoms with E-state index >= 15 is 0 Å². The number of benzene rings is 1. The maximum atomic E-state index is 12.8. The van der Waals surface area contributed by atoms with Crippen molar-refractivity contribution in [2.24, 2.45) is 5.10 Å². The van der Waals surface area contributed by atoms with Gasteiger partial charge in [0.05, 0.1) is 6.21 Å². The summed E-state index contributed by atoms with van der Waals surface area (Å²) in [6, 6.07) is 7.88. The fourth-order valence-electron chi connectivity index (χ4n) is 1.63. The molecule has 0 saturated carbocycles. The number of anilines is 3. The van der Waals surface area contributed by atoms with Gasteiger partial charge in [0, 0.05) is 34.3 Å². The van der Waals surface area contributed by atoms with Crippen molar-refractivity contribution in [1.29, 1.82) is 0 Å². The van der Waals surface area contributed by atoms with Crippen molar-refractivity contribution in [2.75, 3.05) is 43.4 Å². The summed E-state index contributed by atoms with van der Waals surface area (Å²) < 4.78 is 12.8. The molecule has 0 amide bonds. The minimum atomic E-state index is -0.271. The molecule has 22 heavy (non-hydrogen) atoms. The lowest BCUT2D eigenvalue weighted by molar-refractivity contribution is 0.628. The molecule has 1 N–H and O–H groups in total. The van der Waals surface area contributed by atoms with Crippen LogP contribution in [0.2, 0.25) is 0 Å². The molecule has 1 aromatic heterocycles. The lowest BCUT2D eigenvalue weighted by Crippen LogP contribution is -2.17. The molecular weight excluding hydrogens is 283 g/mol. The second-order valence-corrected chi connectivity index (χ2v) is 5.12. The average molecular weight is 302 g/mol. The van der Waals surface area contributed by atoms with Gasteiger partial charge in [-0.15, -0.1) is 0 Å². The van der Waals surface area contributed by atoms with Crippen molar-refractivity contribution >= 4 is 23.8 Å². The molecule has 0 aliphatic rings. The summed E-state index contributed by atoms with van der Waals surface area (Å²) in [5, 5.41) is 4.12.